The molecule has 1 N–H and O–H groups in total. The average molecular weight is 504 g/mol. The van der Waals surface area contributed by atoms with Gasteiger partial charge in [-0.3, -0.25) is 19.0 Å². The van der Waals surface area contributed by atoms with Gasteiger partial charge >= 0.3 is 0 Å². The van der Waals surface area contributed by atoms with E-state index in [0.29, 0.717) is 23.0 Å². The molecule has 0 fully saturated rings. The number of benzene rings is 2. The lowest BCUT2D eigenvalue weighted by molar-refractivity contribution is -0.115. The number of thiophene rings is 1. The van der Waals surface area contributed by atoms with Crippen LogP contribution in [0, 0.1) is 0 Å². The van der Waals surface area contributed by atoms with Gasteiger partial charge in [0.25, 0.3) is 5.56 Å². The molecule has 2 aromatic carbocycles. The molecule has 2 aromatic heterocycles. The first-order chi connectivity index (χ1) is 16.9. The number of thioether (sulfide) groups is 1. The van der Waals surface area contributed by atoms with E-state index in [2.05, 4.69) is 5.32 Å². The summed E-state index contributed by atoms with van der Waals surface area (Å²) in [5, 5.41) is 3.65. The second kappa shape index (κ2) is 9.79. The van der Waals surface area contributed by atoms with E-state index in [4.69, 9.17) is 4.98 Å². The number of ketones is 1. The maximum Gasteiger partial charge on any atom is 0.263 e. The number of nitrogens with one attached hydrogen (secondary N) is 1. The number of amides is 1. The maximum absolute atomic E-state index is 13.7. The van der Waals surface area contributed by atoms with Gasteiger partial charge in [0.05, 0.1) is 17.2 Å². The summed E-state index contributed by atoms with van der Waals surface area (Å²) in [4.78, 5) is 45.3. The first-order valence-electron chi connectivity index (χ1n) is 11.6. The summed E-state index contributed by atoms with van der Waals surface area (Å²) in [5.74, 6) is -0.279. The maximum atomic E-state index is 13.7. The fourth-order valence-electron chi connectivity index (χ4n) is 4.33. The van der Waals surface area contributed by atoms with Crippen molar-refractivity contribution in [3.05, 3.63) is 86.5 Å². The molecule has 0 unspecified atom stereocenters. The molecule has 2 heterocycles. The van der Waals surface area contributed by atoms with Gasteiger partial charge in [-0.15, -0.1) is 11.3 Å². The number of carbonyl (C=O) groups is 2. The van der Waals surface area contributed by atoms with Gasteiger partial charge in [0.1, 0.15) is 4.83 Å². The molecule has 1 amide bonds. The van der Waals surface area contributed by atoms with Crippen molar-refractivity contribution in [1.82, 2.24) is 9.55 Å². The smallest absolute Gasteiger partial charge is 0.263 e. The van der Waals surface area contributed by atoms with Crippen molar-refractivity contribution in [3.8, 4) is 0 Å². The van der Waals surface area contributed by atoms with Gasteiger partial charge in [-0.2, -0.15) is 0 Å². The van der Waals surface area contributed by atoms with Gasteiger partial charge in [0.15, 0.2) is 10.9 Å². The van der Waals surface area contributed by atoms with Gasteiger partial charge in [-0.1, -0.05) is 54.2 Å². The Morgan fingerprint density at radius 2 is 1.94 bits per heavy atom. The van der Waals surface area contributed by atoms with Gasteiger partial charge in [0, 0.05) is 16.1 Å². The summed E-state index contributed by atoms with van der Waals surface area (Å²) < 4.78 is 1.70. The zero-order valence-electron chi connectivity index (χ0n) is 19.5. The highest BCUT2D eigenvalue weighted by Gasteiger charge is 2.25. The number of rotatable bonds is 7. The van der Waals surface area contributed by atoms with Crippen LogP contribution in [0.4, 0.5) is 5.69 Å². The fraction of sp³-hybridized carbons (Fsp3) is 0.259. The average Bonchev–Trinajstić information content (AvgIpc) is 3.43. The summed E-state index contributed by atoms with van der Waals surface area (Å²) in [6.45, 7) is 3.69. The number of hydrogen-bond donors (Lipinski definition) is 1. The van der Waals surface area contributed by atoms with E-state index in [1.54, 1.807) is 47.1 Å². The number of hydrogen-bond acceptors (Lipinski definition) is 6. The standard InChI is InChI=1S/C27H25N3O3S2/c1-16(31)19-10-6-11-20(14-19)28-24(32)17(2)34-27-29-25-23(21-12-7-13-22(21)35-25)26(33)30(27)15-18-8-4-3-5-9-18/h3-6,8-11,14,17H,7,12-13,15H2,1-2H3,(H,28,32)/t17-/m1/s1. The highest BCUT2D eigenvalue weighted by Crippen LogP contribution is 2.36. The molecular formula is C27H25N3O3S2. The lowest BCUT2D eigenvalue weighted by Gasteiger charge is -2.16. The Labute approximate surface area is 211 Å². The Balaban J connectivity index is 1.47. The normalized spacial score (nSPS) is 13.5. The van der Waals surface area contributed by atoms with Crippen molar-refractivity contribution in [2.75, 3.05) is 5.32 Å². The van der Waals surface area contributed by atoms with Crippen LogP contribution < -0.4 is 10.9 Å². The third-order valence-corrected chi connectivity index (χ3v) is 8.44. The van der Waals surface area contributed by atoms with E-state index >= 15 is 0 Å². The van der Waals surface area contributed by atoms with Crippen LogP contribution in [0.2, 0.25) is 0 Å². The molecule has 0 spiro atoms. The van der Waals surface area contributed by atoms with Crippen molar-refractivity contribution in [2.24, 2.45) is 0 Å². The van der Waals surface area contributed by atoms with Crippen LogP contribution in [0.1, 0.15) is 46.6 Å². The third-order valence-electron chi connectivity index (χ3n) is 6.16. The molecule has 0 radical (unpaired) electrons. The number of carbonyl (C=O) groups excluding carboxylic acids is 2. The minimum Gasteiger partial charge on any atom is -0.325 e. The SMILES string of the molecule is CC(=O)c1cccc(NC(=O)[C@@H](C)Sc2nc3sc4c(c3c(=O)n2Cc2ccccc2)CCC4)c1. The van der Waals surface area contributed by atoms with E-state index in [9.17, 15) is 14.4 Å². The molecule has 4 aromatic rings. The molecule has 178 valence electrons. The molecule has 0 saturated heterocycles. The van der Waals surface area contributed by atoms with E-state index in [0.717, 1.165) is 40.6 Å². The Bertz CT molecular complexity index is 1490. The van der Waals surface area contributed by atoms with Crippen molar-refractivity contribution >= 4 is 50.7 Å². The zero-order valence-corrected chi connectivity index (χ0v) is 21.2. The number of aryl methyl sites for hydroxylation is 2. The van der Waals surface area contributed by atoms with E-state index in [-0.39, 0.29) is 17.2 Å². The summed E-state index contributed by atoms with van der Waals surface area (Å²) in [5.41, 5.74) is 3.22. The molecule has 8 heteroatoms. The molecule has 0 saturated carbocycles. The third kappa shape index (κ3) is 4.81. The molecule has 1 atom stereocenters. The molecule has 1 aliphatic rings. The predicted molar refractivity (Wildman–Crippen MR) is 142 cm³/mol. The number of Topliss-reactive ketones (excluding diaryl/α,β-unsaturated/α-hetero) is 1. The van der Waals surface area contributed by atoms with Gasteiger partial charge < -0.3 is 5.32 Å². The zero-order chi connectivity index (χ0) is 24.5. The predicted octanol–water partition coefficient (Wildman–Crippen LogP) is 5.32. The summed E-state index contributed by atoms with van der Waals surface area (Å²) in [6.07, 6.45) is 2.99. The molecule has 35 heavy (non-hydrogen) atoms. The van der Waals surface area contributed by atoms with Crippen molar-refractivity contribution in [1.29, 1.82) is 0 Å². The van der Waals surface area contributed by atoms with Crippen LogP contribution in [0.5, 0.6) is 0 Å². The van der Waals surface area contributed by atoms with Gasteiger partial charge in [-0.05, 0) is 56.4 Å². The minimum absolute atomic E-state index is 0.0393. The Kier molecular flexibility index (Phi) is 6.58. The number of nitrogens with zero attached hydrogens (tertiary/aromatic N) is 2. The minimum atomic E-state index is -0.505. The van der Waals surface area contributed by atoms with E-state index in [1.165, 1.54) is 23.6 Å². The molecule has 5 rings (SSSR count). The number of fused-ring (bicyclic) bond motifs is 3. The monoisotopic (exact) mass is 503 g/mol. The lowest BCUT2D eigenvalue weighted by atomic mass is 10.1. The number of aromatic nitrogens is 2. The largest absolute Gasteiger partial charge is 0.325 e. The highest BCUT2D eigenvalue weighted by atomic mass is 32.2. The van der Waals surface area contributed by atoms with Crippen LogP contribution in [0.3, 0.4) is 0 Å². The van der Waals surface area contributed by atoms with Gasteiger partial charge in [-0.25, -0.2) is 4.98 Å². The Morgan fingerprint density at radius 1 is 1.14 bits per heavy atom. The second-order valence-electron chi connectivity index (χ2n) is 8.70. The van der Waals surface area contributed by atoms with Crippen molar-refractivity contribution < 1.29 is 9.59 Å². The molecule has 0 aliphatic heterocycles. The topological polar surface area (TPSA) is 81.1 Å². The first kappa shape index (κ1) is 23.5. The van der Waals surface area contributed by atoms with Gasteiger partial charge in [0.2, 0.25) is 5.91 Å². The summed E-state index contributed by atoms with van der Waals surface area (Å²) in [6, 6.07) is 16.7. The first-order valence-corrected chi connectivity index (χ1v) is 13.3. The molecule has 6 nitrogen and oxygen atoms in total. The quantitative estimate of drug-likeness (QED) is 0.210. The number of anilines is 1. The van der Waals surface area contributed by atoms with Crippen LogP contribution >= 0.6 is 23.1 Å². The highest BCUT2D eigenvalue weighted by molar-refractivity contribution is 8.00. The lowest BCUT2D eigenvalue weighted by Crippen LogP contribution is -2.27. The fourth-order valence-corrected chi connectivity index (χ4v) is 6.54. The Hall–Kier alpha value is -3.23. The molecule has 1 aliphatic carbocycles. The van der Waals surface area contributed by atoms with E-state index in [1.807, 2.05) is 30.3 Å². The van der Waals surface area contributed by atoms with Crippen LogP contribution in [-0.4, -0.2) is 26.5 Å². The van der Waals surface area contributed by atoms with E-state index < -0.39 is 5.25 Å². The Morgan fingerprint density at radius 3 is 2.71 bits per heavy atom. The van der Waals surface area contributed by atoms with Crippen LogP contribution in [0.15, 0.2) is 64.5 Å². The molecule has 0 bridgehead atoms. The van der Waals surface area contributed by atoms with Crippen LogP contribution in [-0.2, 0) is 24.2 Å². The second-order valence-corrected chi connectivity index (χ2v) is 11.1. The summed E-state index contributed by atoms with van der Waals surface area (Å²) in [7, 11) is 0. The van der Waals surface area contributed by atoms with Crippen molar-refractivity contribution in [3.63, 3.8) is 0 Å². The van der Waals surface area contributed by atoms with Crippen LogP contribution in [0.25, 0.3) is 10.2 Å². The van der Waals surface area contributed by atoms with Crippen molar-refractivity contribution in [2.45, 2.75) is 50.1 Å². The molecular weight excluding hydrogens is 478 g/mol. The summed E-state index contributed by atoms with van der Waals surface area (Å²) >= 11 is 2.88.